The zero-order chi connectivity index (χ0) is 16.9. The van der Waals surface area contributed by atoms with E-state index in [2.05, 4.69) is 15.5 Å². The minimum atomic E-state index is -0.0550. The summed E-state index contributed by atoms with van der Waals surface area (Å²) in [6.07, 6.45) is 0. The summed E-state index contributed by atoms with van der Waals surface area (Å²) in [5.41, 5.74) is 0.972. The molecule has 0 saturated heterocycles. The second kappa shape index (κ2) is 7.83. The van der Waals surface area contributed by atoms with Crippen molar-refractivity contribution in [3.63, 3.8) is 0 Å². The molecule has 2 aromatic heterocycles. The van der Waals surface area contributed by atoms with Crippen LogP contribution < -0.4 is 5.32 Å². The Balaban J connectivity index is 1.53. The van der Waals surface area contributed by atoms with Gasteiger partial charge in [0.2, 0.25) is 5.91 Å². The van der Waals surface area contributed by atoms with E-state index in [0.717, 1.165) is 21.4 Å². The van der Waals surface area contributed by atoms with Gasteiger partial charge < -0.3 is 9.88 Å². The molecule has 5 nitrogen and oxygen atoms in total. The minimum Gasteiger partial charge on any atom is -0.351 e. The third kappa shape index (κ3) is 4.17. The topological polar surface area (TPSA) is 59.8 Å². The molecule has 2 heterocycles. The average molecular weight is 379 g/mol. The van der Waals surface area contributed by atoms with Crippen molar-refractivity contribution in [3.05, 3.63) is 52.4 Å². The summed E-state index contributed by atoms with van der Waals surface area (Å²) in [5, 5.41) is 14.6. The SMILES string of the molecule is Cn1c(SCC(=O)NCc2cccc(Cl)c2)nnc1-c1cccs1. The fourth-order valence-electron chi connectivity index (χ4n) is 2.09. The van der Waals surface area contributed by atoms with E-state index < -0.39 is 0 Å². The Bertz CT molecular complexity index is 832. The van der Waals surface area contributed by atoms with E-state index in [1.54, 1.807) is 11.3 Å². The van der Waals surface area contributed by atoms with Crippen LogP contribution in [0.2, 0.25) is 5.02 Å². The van der Waals surface area contributed by atoms with Crippen molar-refractivity contribution in [2.45, 2.75) is 11.7 Å². The molecule has 0 bridgehead atoms. The molecule has 8 heteroatoms. The molecule has 0 spiro atoms. The highest BCUT2D eigenvalue weighted by molar-refractivity contribution is 7.99. The third-order valence-electron chi connectivity index (χ3n) is 3.29. The number of thioether (sulfide) groups is 1. The largest absolute Gasteiger partial charge is 0.351 e. The van der Waals surface area contributed by atoms with Gasteiger partial charge in [0, 0.05) is 18.6 Å². The third-order valence-corrected chi connectivity index (χ3v) is 5.41. The summed E-state index contributed by atoms with van der Waals surface area (Å²) >= 11 is 8.91. The first-order chi connectivity index (χ1) is 11.6. The molecule has 0 unspecified atom stereocenters. The molecule has 124 valence electrons. The first-order valence-electron chi connectivity index (χ1n) is 7.20. The summed E-state index contributed by atoms with van der Waals surface area (Å²) in [6, 6.07) is 11.4. The molecule has 3 rings (SSSR count). The number of carbonyl (C=O) groups is 1. The number of nitrogens with zero attached hydrogens (tertiary/aromatic N) is 3. The average Bonchev–Trinajstić information content (AvgIpc) is 3.21. The van der Waals surface area contributed by atoms with Gasteiger partial charge in [-0.25, -0.2) is 0 Å². The van der Waals surface area contributed by atoms with Crippen LogP contribution in [-0.2, 0) is 18.4 Å². The van der Waals surface area contributed by atoms with E-state index >= 15 is 0 Å². The molecule has 1 N–H and O–H groups in total. The normalized spacial score (nSPS) is 10.8. The predicted octanol–water partition coefficient (Wildman–Crippen LogP) is 3.61. The maximum Gasteiger partial charge on any atom is 0.230 e. The maximum absolute atomic E-state index is 12.0. The lowest BCUT2D eigenvalue weighted by Gasteiger charge is -2.06. The van der Waals surface area contributed by atoms with Gasteiger partial charge in [-0.15, -0.1) is 21.5 Å². The molecule has 3 aromatic rings. The van der Waals surface area contributed by atoms with E-state index in [4.69, 9.17) is 11.6 Å². The van der Waals surface area contributed by atoms with E-state index in [1.165, 1.54) is 11.8 Å². The summed E-state index contributed by atoms with van der Waals surface area (Å²) in [5.74, 6) is 1.05. The van der Waals surface area contributed by atoms with Crippen molar-refractivity contribution in [1.29, 1.82) is 0 Å². The molecule has 0 saturated carbocycles. The Labute approximate surface area is 153 Å². The number of rotatable bonds is 6. The first-order valence-corrected chi connectivity index (χ1v) is 9.45. The first kappa shape index (κ1) is 17.0. The van der Waals surface area contributed by atoms with Crippen molar-refractivity contribution >= 4 is 40.6 Å². The van der Waals surface area contributed by atoms with Crippen LogP contribution in [-0.4, -0.2) is 26.4 Å². The Morgan fingerprint density at radius 2 is 2.21 bits per heavy atom. The molecular formula is C16H15ClN4OS2. The van der Waals surface area contributed by atoms with Gasteiger partial charge in [-0.2, -0.15) is 0 Å². The number of halogens is 1. The molecule has 0 atom stereocenters. The van der Waals surface area contributed by atoms with Gasteiger partial charge in [0.25, 0.3) is 0 Å². The Kier molecular flexibility index (Phi) is 5.55. The van der Waals surface area contributed by atoms with Crippen molar-refractivity contribution < 1.29 is 4.79 Å². The molecule has 24 heavy (non-hydrogen) atoms. The van der Waals surface area contributed by atoms with Crippen LogP contribution in [0.1, 0.15) is 5.56 Å². The Morgan fingerprint density at radius 3 is 2.96 bits per heavy atom. The summed E-state index contributed by atoms with van der Waals surface area (Å²) in [4.78, 5) is 13.1. The van der Waals surface area contributed by atoms with Crippen LogP contribution in [0.15, 0.2) is 46.9 Å². The second-order valence-electron chi connectivity index (χ2n) is 5.04. The fourth-order valence-corrected chi connectivity index (χ4v) is 3.79. The number of hydrogen-bond acceptors (Lipinski definition) is 5. The maximum atomic E-state index is 12.0. The van der Waals surface area contributed by atoms with Gasteiger partial charge in [-0.1, -0.05) is 41.6 Å². The number of benzene rings is 1. The van der Waals surface area contributed by atoms with Crippen molar-refractivity contribution in [2.75, 3.05) is 5.75 Å². The highest BCUT2D eigenvalue weighted by Gasteiger charge is 2.13. The number of carbonyl (C=O) groups excluding carboxylic acids is 1. The predicted molar refractivity (Wildman–Crippen MR) is 98.3 cm³/mol. The van der Waals surface area contributed by atoms with Crippen molar-refractivity contribution in [3.8, 4) is 10.7 Å². The van der Waals surface area contributed by atoms with Gasteiger partial charge in [0.1, 0.15) is 0 Å². The Hall–Kier alpha value is -1.83. The van der Waals surface area contributed by atoms with Gasteiger partial charge >= 0.3 is 0 Å². The zero-order valence-corrected chi connectivity index (χ0v) is 15.3. The van der Waals surface area contributed by atoms with Crippen LogP contribution in [0.3, 0.4) is 0 Å². The monoisotopic (exact) mass is 378 g/mol. The standard InChI is InChI=1S/C16H15ClN4OS2/c1-21-15(13-6-3-7-23-13)19-20-16(21)24-10-14(22)18-9-11-4-2-5-12(17)8-11/h2-8H,9-10H2,1H3,(H,18,22). The molecule has 0 radical (unpaired) electrons. The van der Waals surface area contributed by atoms with Crippen LogP contribution in [0.4, 0.5) is 0 Å². The molecule has 0 fully saturated rings. The van der Waals surface area contributed by atoms with Gasteiger partial charge in [-0.3, -0.25) is 4.79 Å². The number of amides is 1. The second-order valence-corrected chi connectivity index (χ2v) is 7.36. The van der Waals surface area contributed by atoms with E-state index in [-0.39, 0.29) is 11.7 Å². The summed E-state index contributed by atoms with van der Waals surface area (Å²) in [6.45, 7) is 0.458. The molecule has 0 aliphatic heterocycles. The van der Waals surface area contributed by atoms with Gasteiger partial charge in [0.05, 0.1) is 10.6 Å². The minimum absolute atomic E-state index is 0.0550. The number of thiophene rings is 1. The van der Waals surface area contributed by atoms with Crippen LogP contribution in [0.25, 0.3) is 10.7 Å². The van der Waals surface area contributed by atoms with Crippen molar-refractivity contribution in [1.82, 2.24) is 20.1 Å². The van der Waals surface area contributed by atoms with Crippen LogP contribution in [0.5, 0.6) is 0 Å². The number of aromatic nitrogens is 3. The lowest BCUT2D eigenvalue weighted by atomic mass is 10.2. The quantitative estimate of drug-likeness (QED) is 0.666. The molecule has 0 aliphatic carbocycles. The van der Waals surface area contributed by atoms with Gasteiger partial charge in [-0.05, 0) is 29.1 Å². The lowest BCUT2D eigenvalue weighted by molar-refractivity contribution is -0.118. The molecular weight excluding hydrogens is 364 g/mol. The van der Waals surface area contributed by atoms with E-state index in [0.29, 0.717) is 11.6 Å². The Morgan fingerprint density at radius 1 is 1.33 bits per heavy atom. The highest BCUT2D eigenvalue weighted by Crippen LogP contribution is 2.25. The van der Waals surface area contributed by atoms with E-state index in [1.807, 2.05) is 53.4 Å². The highest BCUT2D eigenvalue weighted by atomic mass is 35.5. The fraction of sp³-hybridized carbons (Fsp3) is 0.188. The molecule has 0 aliphatic rings. The number of hydrogen-bond donors (Lipinski definition) is 1. The van der Waals surface area contributed by atoms with E-state index in [9.17, 15) is 4.79 Å². The smallest absolute Gasteiger partial charge is 0.230 e. The molecule has 1 amide bonds. The number of nitrogens with one attached hydrogen (secondary N) is 1. The zero-order valence-electron chi connectivity index (χ0n) is 12.9. The van der Waals surface area contributed by atoms with Crippen LogP contribution >= 0.6 is 34.7 Å². The lowest BCUT2D eigenvalue weighted by Crippen LogP contribution is -2.24. The molecule has 1 aromatic carbocycles. The van der Waals surface area contributed by atoms with Crippen molar-refractivity contribution in [2.24, 2.45) is 7.05 Å². The van der Waals surface area contributed by atoms with Crippen LogP contribution in [0, 0.1) is 0 Å². The summed E-state index contributed by atoms with van der Waals surface area (Å²) in [7, 11) is 1.90. The van der Waals surface area contributed by atoms with Gasteiger partial charge in [0.15, 0.2) is 11.0 Å². The summed E-state index contributed by atoms with van der Waals surface area (Å²) < 4.78 is 1.90.